The van der Waals surface area contributed by atoms with Crippen molar-refractivity contribution in [3.63, 3.8) is 0 Å². The Bertz CT molecular complexity index is 577. The third kappa shape index (κ3) is 10.1. The lowest BCUT2D eigenvalue weighted by molar-refractivity contribution is 0.216. The molecule has 0 aliphatic rings. The summed E-state index contributed by atoms with van der Waals surface area (Å²) in [5.41, 5.74) is 0. The topological polar surface area (TPSA) is 110 Å². The molecular weight excluding hydrogens is 319 g/mol. The second-order valence-corrected chi connectivity index (χ2v) is 6.27. The van der Waals surface area contributed by atoms with Crippen LogP contribution in [-0.4, -0.2) is 31.4 Å². The van der Waals surface area contributed by atoms with Gasteiger partial charge in [-0.15, -0.1) is 13.2 Å². The maximum atomic E-state index is 11.3. The van der Waals surface area contributed by atoms with Gasteiger partial charge in [-0.2, -0.15) is 8.42 Å². The first-order valence-corrected chi connectivity index (χ1v) is 8.53. The molecule has 21 heavy (non-hydrogen) atoms. The van der Waals surface area contributed by atoms with E-state index in [-0.39, 0.29) is 18.1 Å². The van der Waals surface area contributed by atoms with E-state index in [1.54, 1.807) is 18.2 Å². The van der Waals surface area contributed by atoms with Crippen LogP contribution in [0.1, 0.15) is 0 Å². The molecule has 0 unspecified atom stereocenters. The number of benzene rings is 1. The van der Waals surface area contributed by atoms with Gasteiger partial charge in [-0.3, -0.25) is 8.71 Å². The van der Waals surface area contributed by atoms with E-state index in [4.69, 9.17) is 9.79 Å². The molecule has 9 heteroatoms. The molecule has 0 saturated carbocycles. The molecule has 0 radical (unpaired) electrons. The van der Waals surface area contributed by atoms with Crippen molar-refractivity contribution in [3.8, 4) is 0 Å². The molecule has 2 N–H and O–H groups in total. The lowest BCUT2D eigenvalue weighted by Crippen LogP contribution is -2.05. The maximum Gasteiger partial charge on any atom is 0.469 e. The van der Waals surface area contributed by atoms with Crippen molar-refractivity contribution < 1.29 is 31.5 Å². The summed E-state index contributed by atoms with van der Waals surface area (Å²) in [5.74, 6) is 0. The average Bonchev–Trinajstić information content (AvgIpc) is 2.44. The van der Waals surface area contributed by atoms with Crippen LogP contribution in [-0.2, 0) is 23.4 Å². The predicted octanol–water partition coefficient (Wildman–Crippen LogP) is 1.86. The van der Waals surface area contributed by atoms with Crippen LogP contribution in [0, 0.1) is 0 Å². The van der Waals surface area contributed by atoms with Crippen LogP contribution in [0.3, 0.4) is 0 Å². The van der Waals surface area contributed by atoms with E-state index in [1.807, 2.05) is 0 Å². The summed E-state index contributed by atoms with van der Waals surface area (Å²) in [6.45, 7) is 6.44. The summed E-state index contributed by atoms with van der Waals surface area (Å²) < 4.78 is 41.0. The van der Waals surface area contributed by atoms with Crippen LogP contribution in [0.4, 0.5) is 0 Å². The van der Waals surface area contributed by atoms with Crippen molar-refractivity contribution >= 4 is 17.9 Å². The number of hydrogen-bond acceptors (Lipinski definition) is 5. The molecule has 0 bridgehead atoms. The molecular formula is C12H17O7PS. The van der Waals surface area contributed by atoms with Gasteiger partial charge in [-0.1, -0.05) is 30.4 Å². The SMILES string of the molecule is C=CCOP(=O)(O)O.C=CCOS(=O)(=O)c1ccccc1. The summed E-state index contributed by atoms with van der Waals surface area (Å²) in [4.78, 5) is 16.1. The molecule has 1 aromatic carbocycles. The highest BCUT2D eigenvalue weighted by molar-refractivity contribution is 7.86. The molecule has 0 amide bonds. The Morgan fingerprint density at radius 2 is 1.62 bits per heavy atom. The standard InChI is InChI=1S/C9H10O3S.C3H7O4P/c1-2-8-12-13(10,11)9-6-4-3-5-7-9;1-2-3-7-8(4,5)6/h2-7H,1,8H2;2H,1,3H2,(H2,4,5,6). The second-order valence-electron chi connectivity index (χ2n) is 3.42. The summed E-state index contributed by atoms with van der Waals surface area (Å²) in [7, 11) is -7.85. The molecule has 0 heterocycles. The minimum absolute atomic E-state index is 0.00275. The molecule has 0 aromatic heterocycles. The van der Waals surface area contributed by atoms with Gasteiger partial charge in [0.05, 0.1) is 18.1 Å². The number of phosphoric acid groups is 1. The highest BCUT2D eigenvalue weighted by atomic mass is 32.2. The molecule has 0 spiro atoms. The van der Waals surface area contributed by atoms with Gasteiger partial charge >= 0.3 is 7.82 Å². The highest BCUT2D eigenvalue weighted by Crippen LogP contribution is 2.35. The smallest absolute Gasteiger partial charge is 0.303 e. The molecule has 1 aromatic rings. The quantitative estimate of drug-likeness (QED) is 0.444. The Morgan fingerprint density at radius 3 is 2.00 bits per heavy atom. The maximum absolute atomic E-state index is 11.3. The Hall–Kier alpha value is -1.28. The zero-order chi connectivity index (χ0) is 16.4. The lowest BCUT2D eigenvalue weighted by atomic mass is 10.4. The third-order valence-electron chi connectivity index (χ3n) is 1.73. The van der Waals surface area contributed by atoms with Gasteiger partial charge in [0, 0.05) is 0 Å². The van der Waals surface area contributed by atoms with Crippen molar-refractivity contribution in [3.05, 3.63) is 55.6 Å². The molecule has 0 fully saturated rings. The van der Waals surface area contributed by atoms with E-state index in [0.717, 1.165) is 0 Å². The van der Waals surface area contributed by atoms with Crippen molar-refractivity contribution in [2.24, 2.45) is 0 Å². The minimum Gasteiger partial charge on any atom is -0.303 e. The second kappa shape index (κ2) is 9.62. The molecule has 118 valence electrons. The average molecular weight is 336 g/mol. The number of phosphoric ester groups is 1. The van der Waals surface area contributed by atoms with Gasteiger partial charge in [-0.05, 0) is 12.1 Å². The number of rotatable bonds is 7. The largest absolute Gasteiger partial charge is 0.469 e. The Labute approximate surface area is 123 Å². The van der Waals surface area contributed by atoms with E-state index >= 15 is 0 Å². The molecule has 0 atom stereocenters. The molecule has 7 nitrogen and oxygen atoms in total. The van der Waals surface area contributed by atoms with Gasteiger partial charge in [0.15, 0.2) is 0 Å². The van der Waals surface area contributed by atoms with Gasteiger partial charge in [0.25, 0.3) is 10.1 Å². The first kappa shape index (κ1) is 19.7. The predicted molar refractivity (Wildman–Crippen MR) is 78.0 cm³/mol. The fourth-order valence-corrected chi connectivity index (χ4v) is 2.14. The van der Waals surface area contributed by atoms with Crippen LogP contribution in [0.5, 0.6) is 0 Å². The summed E-state index contributed by atoms with van der Waals surface area (Å²) >= 11 is 0. The zero-order valence-electron chi connectivity index (χ0n) is 11.2. The highest BCUT2D eigenvalue weighted by Gasteiger charge is 2.12. The van der Waals surface area contributed by atoms with E-state index in [1.165, 1.54) is 24.3 Å². The summed E-state index contributed by atoms with van der Waals surface area (Å²) in [6, 6.07) is 8.00. The Morgan fingerprint density at radius 1 is 1.10 bits per heavy atom. The van der Waals surface area contributed by atoms with Gasteiger partial charge in [0.2, 0.25) is 0 Å². The van der Waals surface area contributed by atoms with Crippen LogP contribution in [0.2, 0.25) is 0 Å². The van der Waals surface area contributed by atoms with Crippen molar-refractivity contribution in [1.82, 2.24) is 0 Å². The van der Waals surface area contributed by atoms with Crippen molar-refractivity contribution in [2.45, 2.75) is 4.90 Å². The molecule has 1 rings (SSSR count). The molecule has 0 aliphatic carbocycles. The van der Waals surface area contributed by atoms with Crippen LogP contribution in [0.15, 0.2) is 60.5 Å². The fourth-order valence-electron chi connectivity index (χ4n) is 0.943. The summed E-state index contributed by atoms with van der Waals surface area (Å²) in [5, 5.41) is 0. The first-order valence-electron chi connectivity index (χ1n) is 5.59. The van der Waals surface area contributed by atoms with Crippen LogP contribution >= 0.6 is 7.82 Å². The van der Waals surface area contributed by atoms with Gasteiger partial charge < -0.3 is 9.79 Å². The number of hydrogen-bond donors (Lipinski definition) is 2. The monoisotopic (exact) mass is 336 g/mol. The third-order valence-corrected chi connectivity index (χ3v) is 3.51. The normalized spacial score (nSPS) is 11.1. The van der Waals surface area contributed by atoms with Crippen molar-refractivity contribution in [2.75, 3.05) is 13.2 Å². The van der Waals surface area contributed by atoms with Gasteiger partial charge in [-0.25, -0.2) is 4.57 Å². The fraction of sp³-hybridized carbons (Fsp3) is 0.167. The van der Waals surface area contributed by atoms with Crippen LogP contribution < -0.4 is 0 Å². The van der Waals surface area contributed by atoms with Gasteiger partial charge in [0.1, 0.15) is 0 Å². The van der Waals surface area contributed by atoms with Crippen LogP contribution in [0.25, 0.3) is 0 Å². The Kier molecular flexibility index (Phi) is 9.03. The molecule has 0 saturated heterocycles. The zero-order valence-corrected chi connectivity index (χ0v) is 12.9. The van der Waals surface area contributed by atoms with E-state index < -0.39 is 17.9 Å². The minimum atomic E-state index is -4.25. The first-order chi connectivity index (χ1) is 9.73. The molecule has 0 aliphatic heterocycles. The van der Waals surface area contributed by atoms with E-state index in [0.29, 0.717) is 0 Å². The van der Waals surface area contributed by atoms with E-state index in [2.05, 4.69) is 21.9 Å². The van der Waals surface area contributed by atoms with E-state index in [9.17, 15) is 13.0 Å². The lowest BCUT2D eigenvalue weighted by Gasteiger charge is -2.01. The summed E-state index contributed by atoms with van der Waals surface area (Å²) in [6.07, 6.45) is 2.65. The van der Waals surface area contributed by atoms with Crippen molar-refractivity contribution in [1.29, 1.82) is 0 Å². The Balaban J connectivity index is 0.000000433.